The van der Waals surface area contributed by atoms with Crippen LogP contribution in [0.15, 0.2) is 58.0 Å². The summed E-state index contributed by atoms with van der Waals surface area (Å²) in [7, 11) is -0.438. The van der Waals surface area contributed by atoms with E-state index in [9.17, 15) is 23.3 Å². The number of anilines is 2. The molecule has 30 heavy (non-hydrogen) atoms. The van der Waals surface area contributed by atoms with Crippen molar-refractivity contribution in [1.29, 1.82) is 0 Å². The van der Waals surface area contributed by atoms with Crippen LogP contribution in [-0.2, 0) is 14.8 Å². The predicted molar refractivity (Wildman–Crippen MR) is 114 cm³/mol. The van der Waals surface area contributed by atoms with Gasteiger partial charge in [-0.15, -0.1) is 0 Å². The van der Waals surface area contributed by atoms with E-state index in [4.69, 9.17) is 5.14 Å². The summed E-state index contributed by atoms with van der Waals surface area (Å²) in [5.41, 5.74) is 1.92. The summed E-state index contributed by atoms with van der Waals surface area (Å²) in [6.45, 7) is 1.64. The van der Waals surface area contributed by atoms with Crippen molar-refractivity contribution in [1.82, 2.24) is 0 Å². The van der Waals surface area contributed by atoms with Crippen LogP contribution in [0, 0.1) is 10.1 Å². The van der Waals surface area contributed by atoms with Gasteiger partial charge < -0.3 is 4.90 Å². The Morgan fingerprint density at radius 3 is 2.33 bits per heavy atom. The Bertz CT molecular complexity index is 1200. The van der Waals surface area contributed by atoms with E-state index in [2.05, 4.69) is 5.10 Å². The average Bonchev–Trinajstić information content (AvgIpc) is 2.95. The molecule has 2 aromatic rings. The number of nitro groups is 1. The van der Waals surface area contributed by atoms with Crippen molar-refractivity contribution in [3.05, 3.63) is 63.7 Å². The highest BCUT2D eigenvalue weighted by atomic mass is 32.2. The van der Waals surface area contributed by atoms with Crippen LogP contribution < -0.4 is 15.0 Å². The maximum absolute atomic E-state index is 12.9. The number of nitrogens with two attached hydrogens (primary N) is 1. The molecule has 1 aliphatic rings. The largest absolute Gasteiger partial charge is 0.372 e. The maximum atomic E-state index is 12.9. The molecular weight excluding hydrogens is 410 g/mol. The molecule has 0 aliphatic carbocycles. The van der Waals surface area contributed by atoms with E-state index in [0.717, 1.165) is 5.01 Å². The molecule has 0 unspecified atom stereocenters. The lowest BCUT2D eigenvalue weighted by molar-refractivity contribution is -0.384. The molecule has 0 spiro atoms. The van der Waals surface area contributed by atoms with Gasteiger partial charge in [0.1, 0.15) is 5.69 Å². The Balaban J connectivity index is 1.95. The Labute approximate surface area is 173 Å². The third-order valence-corrected chi connectivity index (χ3v) is 5.39. The van der Waals surface area contributed by atoms with Gasteiger partial charge in [0.2, 0.25) is 10.0 Å². The van der Waals surface area contributed by atoms with Crippen LogP contribution in [-0.4, -0.2) is 39.1 Å². The van der Waals surface area contributed by atoms with Crippen molar-refractivity contribution in [2.24, 2.45) is 10.2 Å². The molecule has 11 heteroatoms. The van der Waals surface area contributed by atoms with Gasteiger partial charge in [-0.2, -0.15) is 10.1 Å². The van der Waals surface area contributed by atoms with Crippen LogP contribution in [0.25, 0.3) is 6.08 Å². The molecule has 1 amide bonds. The first-order valence-electron chi connectivity index (χ1n) is 8.69. The fourth-order valence-corrected chi connectivity index (χ4v) is 3.47. The first-order valence-corrected chi connectivity index (χ1v) is 10.2. The number of nitro benzene ring substituents is 1. The zero-order chi connectivity index (χ0) is 22.2. The molecule has 156 valence electrons. The van der Waals surface area contributed by atoms with Gasteiger partial charge in [-0.1, -0.05) is 6.07 Å². The summed E-state index contributed by atoms with van der Waals surface area (Å²) in [6.07, 6.45) is 1.53. The topological polar surface area (TPSA) is 139 Å². The first kappa shape index (κ1) is 21.1. The molecule has 2 N–H and O–H groups in total. The molecule has 0 saturated heterocycles. The zero-order valence-corrected chi connectivity index (χ0v) is 17.3. The molecule has 0 saturated carbocycles. The number of hydrogen-bond acceptors (Lipinski definition) is 7. The van der Waals surface area contributed by atoms with Crippen molar-refractivity contribution in [2.75, 3.05) is 24.0 Å². The molecule has 0 aromatic heterocycles. The molecule has 0 radical (unpaired) electrons. The van der Waals surface area contributed by atoms with Crippen molar-refractivity contribution in [2.45, 2.75) is 11.8 Å². The molecule has 0 atom stereocenters. The maximum Gasteiger partial charge on any atom is 0.293 e. The zero-order valence-electron chi connectivity index (χ0n) is 16.4. The number of sulfonamides is 1. The fourth-order valence-electron chi connectivity index (χ4n) is 2.96. The summed E-state index contributed by atoms with van der Waals surface area (Å²) in [5.74, 6) is -0.435. The van der Waals surface area contributed by atoms with Gasteiger partial charge in [0.05, 0.1) is 26.8 Å². The minimum absolute atomic E-state index is 0.0789. The number of amides is 1. The summed E-state index contributed by atoms with van der Waals surface area (Å²) in [4.78, 5) is 25.3. The lowest BCUT2D eigenvalue weighted by Gasteiger charge is -2.13. The quantitative estimate of drug-likeness (QED) is 0.439. The van der Waals surface area contributed by atoms with Gasteiger partial charge in [-0.05, 0) is 48.9 Å². The summed E-state index contributed by atoms with van der Waals surface area (Å²) in [6, 6.07) is 10.1. The second-order valence-corrected chi connectivity index (χ2v) is 8.36. The lowest BCUT2D eigenvalue weighted by atomic mass is 10.1. The number of primary sulfonamides is 1. The van der Waals surface area contributed by atoms with Crippen molar-refractivity contribution < 1.29 is 18.1 Å². The highest BCUT2D eigenvalue weighted by molar-refractivity contribution is 7.89. The Morgan fingerprint density at radius 2 is 1.80 bits per heavy atom. The van der Waals surface area contributed by atoms with Gasteiger partial charge in [-0.25, -0.2) is 13.6 Å². The van der Waals surface area contributed by atoms with Crippen LogP contribution in [0.2, 0.25) is 0 Å². The molecule has 0 fully saturated rings. The van der Waals surface area contributed by atoms with E-state index < -0.39 is 20.9 Å². The van der Waals surface area contributed by atoms with Gasteiger partial charge >= 0.3 is 0 Å². The first-order chi connectivity index (χ1) is 14.0. The second kappa shape index (κ2) is 7.69. The summed E-state index contributed by atoms with van der Waals surface area (Å²) < 4.78 is 22.8. The minimum Gasteiger partial charge on any atom is -0.372 e. The number of carbonyl (C=O) groups is 1. The van der Waals surface area contributed by atoms with E-state index in [-0.39, 0.29) is 16.2 Å². The minimum atomic E-state index is -3.85. The highest BCUT2D eigenvalue weighted by Gasteiger charge is 2.29. The van der Waals surface area contributed by atoms with E-state index in [1.54, 1.807) is 38.1 Å². The van der Waals surface area contributed by atoms with Crippen molar-refractivity contribution >= 4 is 44.8 Å². The number of benzene rings is 2. The highest BCUT2D eigenvalue weighted by Crippen LogP contribution is 2.30. The van der Waals surface area contributed by atoms with Crippen LogP contribution in [0.4, 0.5) is 17.1 Å². The van der Waals surface area contributed by atoms with Crippen molar-refractivity contribution in [3.8, 4) is 0 Å². The fraction of sp³-hybridized carbons (Fsp3) is 0.158. The third kappa shape index (κ3) is 4.07. The lowest BCUT2D eigenvalue weighted by Crippen LogP contribution is -2.21. The van der Waals surface area contributed by atoms with E-state index >= 15 is 0 Å². The van der Waals surface area contributed by atoms with E-state index in [1.165, 1.54) is 36.4 Å². The monoisotopic (exact) mass is 429 g/mol. The van der Waals surface area contributed by atoms with E-state index in [0.29, 0.717) is 22.6 Å². The van der Waals surface area contributed by atoms with Crippen LogP contribution >= 0.6 is 0 Å². The molecule has 1 heterocycles. The van der Waals surface area contributed by atoms with Crippen LogP contribution in [0.1, 0.15) is 12.5 Å². The van der Waals surface area contributed by atoms with Gasteiger partial charge in [-0.3, -0.25) is 14.9 Å². The number of hydrogen-bond donors (Lipinski definition) is 1. The second-order valence-electron chi connectivity index (χ2n) is 6.80. The Hall–Kier alpha value is -3.57. The summed E-state index contributed by atoms with van der Waals surface area (Å²) in [5, 5.41) is 21.8. The normalized spacial score (nSPS) is 15.5. The average molecular weight is 429 g/mol. The van der Waals surface area contributed by atoms with Crippen molar-refractivity contribution in [3.63, 3.8) is 0 Å². The number of nitrogens with zero attached hydrogens (tertiary/aromatic N) is 4. The molecule has 3 rings (SSSR count). The predicted octanol–water partition coefficient (Wildman–Crippen LogP) is 2.11. The van der Waals surface area contributed by atoms with Crippen LogP contribution in [0.3, 0.4) is 0 Å². The third-order valence-electron chi connectivity index (χ3n) is 4.46. The van der Waals surface area contributed by atoms with Gasteiger partial charge in [0.25, 0.3) is 11.6 Å². The van der Waals surface area contributed by atoms with Gasteiger partial charge in [0.15, 0.2) is 0 Å². The number of rotatable bonds is 5. The number of hydrazone groups is 1. The summed E-state index contributed by atoms with van der Waals surface area (Å²) >= 11 is 0. The molecule has 0 bridgehead atoms. The number of carbonyl (C=O) groups excluding carboxylic acids is 1. The van der Waals surface area contributed by atoms with E-state index in [1.807, 2.05) is 0 Å². The smallest absolute Gasteiger partial charge is 0.293 e. The van der Waals surface area contributed by atoms with Crippen LogP contribution in [0.5, 0.6) is 0 Å². The Morgan fingerprint density at radius 1 is 1.17 bits per heavy atom. The Kier molecular flexibility index (Phi) is 5.42. The molecule has 1 aliphatic heterocycles. The molecular formula is C19H19N5O5S. The standard InChI is InChI=1S/C19H19N5O5S/c1-12-16(10-13-4-9-17(22(2)3)18(11-13)24(26)27)19(25)23(21-12)14-5-7-15(8-6-14)30(20,28)29/h4-11H,1-3H3,(H2,20,28,29). The molecule has 10 nitrogen and oxygen atoms in total. The van der Waals surface area contributed by atoms with Gasteiger partial charge in [0, 0.05) is 20.2 Å². The molecule has 2 aromatic carbocycles. The SMILES string of the molecule is CC1=NN(c2ccc(S(N)(=O)=O)cc2)C(=O)C1=Cc1ccc(N(C)C)c([N+](=O)[O-])c1.